The van der Waals surface area contributed by atoms with Crippen LogP contribution in [0.25, 0.3) is 0 Å². The third-order valence-corrected chi connectivity index (χ3v) is 2.82. The minimum absolute atomic E-state index is 0.0887. The van der Waals surface area contributed by atoms with Crippen molar-refractivity contribution in [3.63, 3.8) is 0 Å². The van der Waals surface area contributed by atoms with E-state index in [2.05, 4.69) is 10.6 Å². The molecule has 76 valence electrons. The molecule has 0 aromatic rings. The van der Waals surface area contributed by atoms with Gasteiger partial charge in [-0.2, -0.15) is 0 Å². The highest BCUT2D eigenvalue weighted by molar-refractivity contribution is 7.89. The Kier molecular flexibility index (Phi) is 6.59. The van der Waals surface area contributed by atoms with Gasteiger partial charge in [-0.1, -0.05) is 0 Å². The molecular formula is C8H15NO3S. The Labute approximate surface area is 79.7 Å². The summed E-state index contributed by atoms with van der Waals surface area (Å²) in [5, 5.41) is 0. The fraction of sp³-hybridized carbons (Fsp3) is 0.750. The molecule has 0 spiro atoms. The lowest BCUT2D eigenvalue weighted by Crippen LogP contribution is -2.27. The third-order valence-electron chi connectivity index (χ3n) is 1.35. The van der Waals surface area contributed by atoms with Gasteiger partial charge < -0.3 is 4.74 Å². The second-order valence-corrected chi connectivity index (χ2v) is 4.44. The zero-order chi connectivity index (χ0) is 10.2. The maximum Gasteiger partial charge on any atom is 0.211 e. The highest BCUT2D eigenvalue weighted by atomic mass is 32.2. The van der Waals surface area contributed by atoms with Crippen molar-refractivity contribution >= 4 is 10.0 Å². The molecule has 0 aliphatic heterocycles. The summed E-state index contributed by atoms with van der Waals surface area (Å²) in [5.74, 6) is 2.44. The van der Waals surface area contributed by atoms with E-state index >= 15 is 0 Å². The van der Waals surface area contributed by atoms with E-state index in [0.717, 1.165) is 0 Å². The standard InChI is InChI=1S/C8H15NO3S/c1-3-4-6-9-13(10,11)8-5-7-12-2/h1,9H,4-8H2,2H3. The third kappa shape index (κ3) is 7.78. The van der Waals surface area contributed by atoms with E-state index in [1.54, 1.807) is 7.11 Å². The summed E-state index contributed by atoms with van der Waals surface area (Å²) in [6.45, 7) is 0.766. The van der Waals surface area contributed by atoms with Crippen LogP contribution in [0, 0.1) is 12.3 Å². The number of ether oxygens (including phenoxy) is 1. The zero-order valence-corrected chi connectivity index (χ0v) is 8.56. The van der Waals surface area contributed by atoms with Crippen LogP contribution in [0.1, 0.15) is 12.8 Å². The highest BCUT2D eigenvalue weighted by Gasteiger charge is 2.07. The summed E-state index contributed by atoms with van der Waals surface area (Å²) in [6.07, 6.45) is 5.90. The predicted octanol–water partition coefficient (Wildman–Crippen LogP) is -0.0344. The van der Waals surface area contributed by atoms with Gasteiger partial charge in [0.05, 0.1) is 5.75 Å². The number of hydrogen-bond donors (Lipinski definition) is 1. The van der Waals surface area contributed by atoms with Crippen molar-refractivity contribution in [3.8, 4) is 12.3 Å². The number of hydrogen-bond acceptors (Lipinski definition) is 3. The van der Waals surface area contributed by atoms with Crippen LogP contribution in [-0.4, -0.2) is 34.4 Å². The predicted molar refractivity (Wildman–Crippen MR) is 51.7 cm³/mol. The van der Waals surface area contributed by atoms with Gasteiger partial charge in [0.25, 0.3) is 0 Å². The molecule has 1 N–H and O–H groups in total. The summed E-state index contributed by atoms with van der Waals surface area (Å²) in [7, 11) is -1.61. The van der Waals surface area contributed by atoms with Crippen molar-refractivity contribution in [2.24, 2.45) is 0 Å². The van der Waals surface area contributed by atoms with Crippen LogP contribution in [0.2, 0.25) is 0 Å². The summed E-state index contributed by atoms with van der Waals surface area (Å²) in [6, 6.07) is 0. The lowest BCUT2D eigenvalue weighted by molar-refractivity contribution is 0.199. The number of nitrogens with one attached hydrogen (secondary N) is 1. The van der Waals surface area contributed by atoms with Gasteiger partial charge in [-0.05, 0) is 6.42 Å². The van der Waals surface area contributed by atoms with E-state index in [1.807, 2.05) is 0 Å². The van der Waals surface area contributed by atoms with E-state index < -0.39 is 10.0 Å². The van der Waals surface area contributed by atoms with Gasteiger partial charge >= 0.3 is 0 Å². The molecule has 13 heavy (non-hydrogen) atoms. The molecule has 0 heterocycles. The molecule has 0 bridgehead atoms. The highest BCUT2D eigenvalue weighted by Crippen LogP contribution is 1.90. The van der Waals surface area contributed by atoms with Crippen LogP contribution >= 0.6 is 0 Å². The summed E-state index contributed by atoms with van der Waals surface area (Å²) < 4.78 is 29.4. The first-order valence-electron chi connectivity index (χ1n) is 4.02. The largest absolute Gasteiger partial charge is 0.385 e. The van der Waals surface area contributed by atoms with Crippen molar-refractivity contribution in [1.29, 1.82) is 0 Å². The van der Waals surface area contributed by atoms with Crippen LogP contribution in [0.15, 0.2) is 0 Å². The molecule has 0 unspecified atom stereocenters. The van der Waals surface area contributed by atoms with Crippen LogP contribution < -0.4 is 4.72 Å². The van der Waals surface area contributed by atoms with Gasteiger partial charge in [0.15, 0.2) is 0 Å². The van der Waals surface area contributed by atoms with Crippen molar-refractivity contribution in [3.05, 3.63) is 0 Å². The van der Waals surface area contributed by atoms with Gasteiger partial charge in [0.2, 0.25) is 10.0 Å². The minimum Gasteiger partial charge on any atom is -0.385 e. The Balaban J connectivity index is 3.63. The van der Waals surface area contributed by atoms with Gasteiger partial charge in [-0.3, -0.25) is 0 Å². The van der Waals surface area contributed by atoms with Gasteiger partial charge in [-0.15, -0.1) is 12.3 Å². The first kappa shape index (κ1) is 12.4. The van der Waals surface area contributed by atoms with E-state index in [0.29, 0.717) is 26.0 Å². The molecule has 4 nitrogen and oxygen atoms in total. The molecule has 0 radical (unpaired) electrons. The molecule has 0 saturated carbocycles. The smallest absolute Gasteiger partial charge is 0.211 e. The van der Waals surface area contributed by atoms with Gasteiger partial charge in [0.1, 0.15) is 0 Å². The molecule has 0 fully saturated rings. The topological polar surface area (TPSA) is 55.4 Å². The molecule has 0 aromatic heterocycles. The Hall–Kier alpha value is -0.570. The van der Waals surface area contributed by atoms with Crippen molar-refractivity contribution < 1.29 is 13.2 Å². The second-order valence-electron chi connectivity index (χ2n) is 2.51. The Bertz CT molecular complexity index is 253. The first-order valence-corrected chi connectivity index (χ1v) is 5.67. The molecule has 0 amide bonds. The Morgan fingerprint density at radius 3 is 2.77 bits per heavy atom. The van der Waals surface area contributed by atoms with Gasteiger partial charge in [-0.25, -0.2) is 13.1 Å². The molecule has 0 rings (SSSR count). The zero-order valence-electron chi connectivity index (χ0n) is 7.75. The SMILES string of the molecule is C#CCCNS(=O)(=O)CCCOC. The van der Waals surface area contributed by atoms with Crippen LogP contribution in [0.5, 0.6) is 0 Å². The monoisotopic (exact) mass is 205 g/mol. The van der Waals surface area contributed by atoms with Crippen molar-refractivity contribution in [1.82, 2.24) is 4.72 Å². The summed E-state index contributed by atoms with van der Waals surface area (Å²) in [4.78, 5) is 0. The first-order chi connectivity index (χ1) is 6.12. The lowest BCUT2D eigenvalue weighted by atomic mass is 10.5. The second kappa shape index (κ2) is 6.89. The maximum atomic E-state index is 11.1. The van der Waals surface area contributed by atoms with Crippen molar-refractivity contribution in [2.75, 3.05) is 26.0 Å². The maximum absolute atomic E-state index is 11.1. The van der Waals surface area contributed by atoms with Crippen LogP contribution in [0.3, 0.4) is 0 Å². The molecule has 0 aliphatic rings. The van der Waals surface area contributed by atoms with E-state index in [1.165, 1.54) is 0 Å². The Morgan fingerprint density at radius 2 is 2.23 bits per heavy atom. The average Bonchev–Trinajstić information content (AvgIpc) is 2.05. The van der Waals surface area contributed by atoms with Gasteiger partial charge in [0, 0.05) is 26.7 Å². The van der Waals surface area contributed by atoms with Crippen molar-refractivity contribution in [2.45, 2.75) is 12.8 Å². The number of rotatable bonds is 7. The quantitative estimate of drug-likeness (QED) is 0.469. The lowest BCUT2D eigenvalue weighted by Gasteiger charge is -2.03. The van der Waals surface area contributed by atoms with Crippen LogP contribution in [-0.2, 0) is 14.8 Å². The normalized spacial score (nSPS) is 11.1. The van der Waals surface area contributed by atoms with Crippen LogP contribution in [0.4, 0.5) is 0 Å². The minimum atomic E-state index is -3.15. The summed E-state index contributed by atoms with van der Waals surface area (Å²) in [5.41, 5.74) is 0. The fourth-order valence-electron chi connectivity index (χ4n) is 0.744. The Morgan fingerprint density at radius 1 is 1.54 bits per heavy atom. The molecule has 0 aromatic carbocycles. The van der Waals surface area contributed by atoms with E-state index in [4.69, 9.17) is 11.2 Å². The average molecular weight is 205 g/mol. The number of terminal acetylenes is 1. The molecule has 0 atom stereocenters. The number of methoxy groups -OCH3 is 1. The molecule has 0 aliphatic carbocycles. The molecule has 5 heteroatoms. The fourth-order valence-corrected chi connectivity index (χ4v) is 1.80. The molecular weight excluding hydrogens is 190 g/mol. The van der Waals surface area contributed by atoms with E-state index in [-0.39, 0.29) is 5.75 Å². The van der Waals surface area contributed by atoms with E-state index in [9.17, 15) is 8.42 Å². The summed E-state index contributed by atoms with van der Waals surface area (Å²) >= 11 is 0. The molecule has 0 saturated heterocycles. The number of sulfonamides is 1.